The number of hydrogen-bond acceptors (Lipinski definition) is 4. The molecule has 14 heavy (non-hydrogen) atoms. The first-order valence-corrected chi connectivity index (χ1v) is 4.13. The Bertz CT molecular complexity index is 488. The third-order valence-corrected chi connectivity index (χ3v) is 2.13. The Morgan fingerprint density at radius 1 is 1.71 bits per heavy atom. The second-order valence-electron chi connectivity index (χ2n) is 2.76. The van der Waals surface area contributed by atoms with Crippen LogP contribution in [0, 0.1) is 4.77 Å². The van der Waals surface area contributed by atoms with E-state index in [0.717, 1.165) is 4.57 Å². The van der Waals surface area contributed by atoms with Crippen molar-refractivity contribution in [3.8, 4) is 0 Å². The van der Waals surface area contributed by atoms with Crippen LogP contribution in [0.2, 0.25) is 0 Å². The fraction of sp³-hybridized carbons (Fsp3) is 0.286. The van der Waals surface area contributed by atoms with E-state index in [1.165, 1.54) is 7.05 Å². The van der Waals surface area contributed by atoms with Crippen molar-refractivity contribution in [1.82, 2.24) is 9.55 Å². The molecule has 0 spiro atoms. The second-order valence-corrected chi connectivity index (χ2v) is 3.14. The standard InChI is InChI=1S/C7H9N3O3S/c1-10-6(13)5(8)3(2-4(11)12)9-7(10)14/h2,8H2,1H3,(H,9,14)(H,11,12). The number of nitrogens with two attached hydrogens (primary N) is 1. The zero-order valence-corrected chi connectivity index (χ0v) is 8.22. The molecule has 0 aliphatic heterocycles. The van der Waals surface area contributed by atoms with E-state index in [9.17, 15) is 9.59 Å². The smallest absolute Gasteiger partial charge is 0.309 e. The molecule has 6 nitrogen and oxygen atoms in total. The summed E-state index contributed by atoms with van der Waals surface area (Å²) in [5.41, 5.74) is 4.98. The van der Waals surface area contributed by atoms with Gasteiger partial charge in [0.2, 0.25) is 0 Å². The Balaban J connectivity index is 3.41. The molecule has 0 atom stereocenters. The van der Waals surface area contributed by atoms with Crippen molar-refractivity contribution >= 4 is 23.9 Å². The maximum absolute atomic E-state index is 11.4. The van der Waals surface area contributed by atoms with Gasteiger partial charge in [-0.2, -0.15) is 0 Å². The molecular formula is C7H9N3O3S. The zero-order valence-electron chi connectivity index (χ0n) is 7.40. The first kappa shape index (κ1) is 10.5. The molecule has 4 N–H and O–H groups in total. The van der Waals surface area contributed by atoms with Crippen LogP contribution < -0.4 is 11.3 Å². The Labute approximate surface area is 84.0 Å². The molecule has 0 bridgehead atoms. The molecule has 0 saturated carbocycles. The molecule has 0 fully saturated rings. The SMILES string of the molecule is Cn1c(=S)[nH]c(CC(=O)O)c(N)c1=O. The molecule has 0 saturated heterocycles. The number of H-pyrrole nitrogens is 1. The quantitative estimate of drug-likeness (QED) is 0.585. The Kier molecular flexibility index (Phi) is 2.70. The van der Waals surface area contributed by atoms with Crippen LogP contribution in [0.15, 0.2) is 4.79 Å². The summed E-state index contributed by atoms with van der Waals surface area (Å²) < 4.78 is 1.30. The van der Waals surface area contributed by atoms with Gasteiger partial charge in [-0.05, 0) is 12.2 Å². The molecule has 0 amide bonds. The van der Waals surface area contributed by atoms with Crippen LogP contribution in [-0.2, 0) is 18.3 Å². The van der Waals surface area contributed by atoms with E-state index in [1.54, 1.807) is 0 Å². The number of aromatic amines is 1. The molecule has 0 aliphatic carbocycles. The number of aliphatic carboxylic acids is 1. The fourth-order valence-corrected chi connectivity index (χ4v) is 1.18. The van der Waals surface area contributed by atoms with E-state index < -0.39 is 11.5 Å². The number of nitrogens with one attached hydrogen (secondary N) is 1. The van der Waals surface area contributed by atoms with Crippen molar-refractivity contribution in [3.63, 3.8) is 0 Å². The third kappa shape index (κ3) is 1.82. The maximum Gasteiger partial charge on any atom is 0.309 e. The number of anilines is 1. The van der Waals surface area contributed by atoms with E-state index in [-0.39, 0.29) is 22.6 Å². The van der Waals surface area contributed by atoms with Crippen LogP contribution in [0.25, 0.3) is 0 Å². The molecule has 1 rings (SSSR count). The van der Waals surface area contributed by atoms with Gasteiger partial charge in [-0.1, -0.05) is 0 Å². The minimum atomic E-state index is -1.07. The molecule has 7 heteroatoms. The largest absolute Gasteiger partial charge is 0.481 e. The monoisotopic (exact) mass is 215 g/mol. The molecule has 1 aromatic heterocycles. The van der Waals surface area contributed by atoms with Gasteiger partial charge in [-0.3, -0.25) is 14.2 Å². The molecule has 1 heterocycles. The van der Waals surface area contributed by atoms with Gasteiger partial charge < -0.3 is 15.8 Å². The molecule has 0 aromatic carbocycles. The maximum atomic E-state index is 11.4. The lowest BCUT2D eigenvalue weighted by Gasteiger charge is -2.05. The second kappa shape index (κ2) is 3.62. The summed E-state index contributed by atoms with van der Waals surface area (Å²) in [5.74, 6) is -1.07. The summed E-state index contributed by atoms with van der Waals surface area (Å²) in [6.45, 7) is 0. The van der Waals surface area contributed by atoms with Crippen LogP contribution in [0.3, 0.4) is 0 Å². The summed E-state index contributed by atoms with van der Waals surface area (Å²) in [4.78, 5) is 24.3. The average Bonchev–Trinajstić information content (AvgIpc) is 2.10. The summed E-state index contributed by atoms with van der Waals surface area (Å²) in [7, 11) is 1.46. The third-order valence-electron chi connectivity index (χ3n) is 1.75. The van der Waals surface area contributed by atoms with Crippen LogP contribution >= 0.6 is 12.2 Å². The number of nitrogen functional groups attached to an aromatic ring is 1. The number of aromatic nitrogens is 2. The highest BCUT2D eigenvalue weighted by Crippen LogP contribution is 2.02. The molecule has 0 aliphatic rings. The van der Waals surface area contributed by atoms with Gasteiger partial charge in [0, 0.05) is 7.05 Å². The first-order chi connectivity index (χ1) is 6.43. The number of carboxylic acids is 1. The van der Waals surface area contributed by atoms with Crippen LogP contribution in [-0.4, -0.2) is 20.6 Å². The average molecular weight is 215 g/mol. The van der Waals surface area contributed by atoms with Gasteiger partial charge in [0.25, 0.3) is 5.56 Å². The first-order valence-electron chi connectivity index (χ1n) is 3.73. The highest BCUT2D eigenvalue weighted by molar-refractivity contribution is 7.71. The van der Waals surface area contributed by atoms with Gasteiger partial charge in [0.1, 0.15) is 5.69 Å². The van der Waals surface area contributed by atoms with Crippen molar-refractivity contribution in [2.75, 3.05) is 5.73 Å². The number of carbonyl (C=O) groups is 1. The van der Waals surface area contributed by atoms with E-state index >= 15 is 0 Å². The normalized spacial score (nSPS) is 10.1. The molecular weight excluding hydrogens is 206 g/mol. The minimum Gasteiger partial charge on any atom is -0.481 e. The van der Waals surface area contributed by atoms with Crippen molar-refractivity contribution in [1.29, 1.82) is 0 Å². The number of hydrogen-bond donors (Lipinski definition) is 3. The van der Waals surface area contributed by atoms with Crippen molar-refractivity contribution < 1.29 is 9.90 Å². The van der Waals surface area contributed by atoms with E-state index in [1.807, 2.05) is 0 Å². The van der Waals surface area contributed by atoms with Gasteiger partial charge >= 0.3 is 5.97 Å². The predicted molar refractivity (Wildman–Crippen MR) is 52.6 cm³/mol. The topological polar surface area (TPSA) is 101 Å². The van der Waals surface area contributed by atoms with Crippen LogP contribution in [0.1, 0.15) is 5.69 Å². The number of nitrogens with zero attached hydrogens (tertiary/aromatic N) is 1. The lowest BCUT2D eigenvalue weighted by Crippen LogP contribution is -2.25. The molecule has 1 aromatic rings. The summed E-state index contributed by atoms with van der Waals surface area (Å²) in [6.07, 6.45) is -0.342. The molecule has 0 radical (unpaired) electrons. The molecule has 0 unspecified atom stereocenters. The Morgan fingerprint density at radius 2 is 2.29 bits per heavy atom. The highest BCUT2D eigenvalue weighted by atomic mass is 32.1. The Morgan fingerprint density at radius 3 is 2.79 bits per heavy atom. The lowest BCUT2D eigenvalue weighted by atomic mass is 10.2. The van der Waals surface area contributed by atoms with Gasteiger partial charge in [-0.15, -0.1) is 0 Å². The van der Waals surface area contributed by atoms with Gasteiger partial charge in [-0.25, -0.2) is 0 Å². The van der Waals surface area contributed by atoms with Crippen molar-refractivity contribution in [3.05, 3.63) is 20.8 Å². The van der Waals surface area contributed by atoms with Gasteiger partial charge in [0.15, 0.2) is 4.77 Å². The van der Waals surface area contributed by atoms with E-state index in [2.05, 4.69) is 4.98 Å². The Hall–Kier alpha value is -1.63. The number of rotatable bonds is 2. The minimum absolute atomic E-state index is 0.108. The predicted octanol–water partition coefficient (Wildman–Crippen LogP) is -0.348. The van der Waals surface area contributed by atoms with Crippen LogP contribution in [0.5, 0.6) is 0 Å². The highest BCUT2D eigenvalue weighted by Gasteiger charge is 2.09. The van der Waals surface area contributed by atoms with E-state index in [0.29, 0.717) is 0 Å². The lowest BCUT2D eigenvalue weighted by molar-refractivity contribution is -0.136. The summed E-state index contributed by atoms with van der Waals surface area (Å²) in [5, 5.41) is 8.52. The fourth-order valence-electron chi connectivity index (χ4n) is 0.973. The van der Waals surface area contributed by atoms with Gasteiger partial charge in [0.05, 0.1) is 12.1 Å². The zero-order chi connectivity index (χ0) is 10.9. The molecule has 76 valence electrons. The van der Waals surface area contributed by atoms with Crippen molar-refractivity contribution in [2.24, 2.45) is 7.05 Å². The van der Waals surface area contributed by atoms with E-state index in [4.69, 9.17) is 23.1 Å². The van der Waals surface area contributed by atoms with Crippen LogP contribution in [0.4, 0.5) is 5.69 Å². The summed E-state index contributed by atoms with van der Waals surface area (Å²) in [6, 6.07) is 0. The van der Waals surface area contributed by atoms with Crippen molar-refractivity contribution in [2.45, 2.75) is 6.42 Å². The number of carboxylic acid groups (broad SMARTS) is 1. The summed E-state index contributed by atoms with van der Waals surface area (Å²) >= 11 is 4.80.